The third kappa shape index (κ3) is 2.04. The normalized spacial score (nSPS) is 26.8. The van der Waals surface area contributed by atoms with Gasteiger partial charge in [0, 0.05) is 0 Å². The molecule has 162 valence electrons. The second kappa shape index (κ2) is 5.07. The Hall–Kier alpha value is -1.14. The van der Waals surface area contributed by atoms with Crippen molar-refractivity contribution in [3.8, 4) is 0 Å². The minimum absolute atomic E-state index is 7.90. The zero-order valence-electron chi connectivity index (χ0n) is 11.3. The molecule has 0 spiro atoms. The maximum Gasteiger partial charge on any atom is 0.459 e. The fourth-order valence-corrected chi connectivity index (χ4v) is 3.67. The summed E-state index contributed by atoms with van der Waals surface area (Å²) >= 11 is 0. The van der Waals surface area contributed by atoms with Crippen molar-refractivity contribution in [2.45, 2.75) is 46.5 Å². The number of hydrogen-bond acceptors (Lipinski definition) is 2. The van der Waals surface area contributed by atoms with Gasteiger partial charge in [-0.05, 0) is 0 Å². The van der Waals surface area contributed by atoms with Crippen LogP contribution in [0.25, 0.3) is 0 Å². The zero-order chi connectivity index (χ0) is 22.5. The van der Waals surface area contributed by atoms with Gasteiger partial charge in [-0.3, -0.25) is 4.55 Å². The van der Waals surface area contributed by atoms with E-state index in [-0.39, 0.29) is 0 Å². The van der Waals surface area contributed by atoms with Crippen molar-refractivity contribution in [2.75, 3.05) is 0 Å². The van der Waals surface area contributed by atoms with E-state index in [1.54, 1.807) is 0 Å². The number of halogens is 15. The minimum atomic E-state index is -8.64. The highest BCUT2D eigenvalue weighted by Gasteiger charge is 3.10. The molecule has 1 rings (SSSR count). The molecular formula is C8HF15O3S. The van der Waals surface area contributed by atoms with Gasteiger partial charge in [0.15, 0.2) is 0 Å². The summed E-state index contributed by atoms with van der Waals surface area (Å²) < 4.78 is 217. The van der Waals surface area contributed by atoms with Gasteiger partial charge in [0.2, 0.25) is 0 Å². The highest BCUT2D eigenvalue weighted by Crippen LogP contribution is 2.75. The Kier molecular flexibility index (Phi) is 4.48. The lowest BCUT2D eigenvalue weighted by atomic mass is 9.87. The Balaban J connectivity index is 4.34. The minimum Gasteiger partial charge on any atom is -0.285 e. The smallest absolute Gasteiger partial charge is 0.285 e. The van der Waals surface area contributed by atoms with Gasteiger partial charge >= 0.3 is 46.5 Å². The molecule has 0 unspecified atom stereocenters. The van der Waals surface area contributed by atoms with E-state index in [1.807, 2.05) is 0 Å². The largest absolute Gasteiger partial charge is 0.459 e. The summed E-state index contributed by atoms with van der Waals surface area (Å²) in [4.78, 5) is 0. The first-order valence-electron chi connectivity index (χ1n) is 5.55. The molecule has 1 N–H and O–H groups in total. The second-order valence-electron chi connectivity index (χ2n) is 5.10. The SMILES string of the molecule is O=S(=O)(O)C1(C(F)(F)C(F)(F)C(F)(F)F)C(F)(F)C(F)(F)C(F)(F)C1(F)F. The first-order chi connectivity index (χ1) is 11.2. The van der Waals surface area contributed by atoms with Crippen molar-refractivity contribution in [1.82, 2.24) is 0 Å². The molecule has 3 nitrogen and oxygen atoms in total. The van der Waals surface area contributed by atoms with E-state index < -0.39 is 56.6 Å². The van der Waals surface area contributed by atoms with Crippen LogP contribution >= 0.6 is 0 Å². The summed E-state index contributed by atoms with van der Waals surface area (Å²) in [5.74, 6) is -49.3. The molecule has 0 amide bonds. The lowest BCUT2D eigenvalue weighted by Crippen LogP contribution is -2.78. The Morgan fingerprint density at radius 3 is 1.04 bits per heavy atom. The van der Waals surface area contributed by atoms with Gasteiger partial charge in [-0.2, -0.15) is 74.3 Å². The van der Waals surface area contributed by atoms with Crippen LogP contribution in [-0.2, 0) is 10.1 Å². The standard InChI is InChI=1S/C8HF15O3S/c9-2(10)1(27(24,25)26,3(11,12)6(17,18)5(2,15)16)4(13,14)7(19,20)8(21,22)23/h(H,24,25,26). The molecule has 1 aliphatic carbocycles. The van der Waals surface area contributed by atoms with E-state index in [9.17, 15) is 74.3 Å². The van der Waals surface area contributed by atoms with E-state index in [2.05, 4.69) is 0 Å². The molecule has 0 bridgehead atoms. The third-order valence-corrected chi connectivity index (χ3v) is 5.19. The van der Waals surface area contributed by atoms with Crippen LogP contribution in [0.2, 0.25) is 0 Å². The number of rotatable bonds is 3. The van der Waals surface area contributed by atoms with Crippen LogP contribution in [0.15, 0.2) is 0 Å². The Morgan fingerprint density at radius 2 is 0.852 bits per heavy atom. The Morgan fingerprint density at radius 1 is 0.593 bits per heavy atom. The van der Waals surface area contributed by atoms with Crippen molar-refractivity contribution in [2.24, 2.45) is 0 Å². The van der Waals surface area contributed by atoms with E-state index >= 15 is 0 Å². The first kappa shape index (κ1) is 23.9. The molecule has 27 heavy (non-hydrogen) atoms. The molecule has 0 aromatic rings. The van der Waals surface area contributed by atoms with Gasteiger partial charge < -0.3 is 0 Å². The highest BCUT2D eigenvalue weighted by molar-refractivity contribution is 7.87. The van der Waals surface area contributed by atoms with Gasteiger partial charge in [-0.1, -0.05) is 0 Å². The van der Waals surface area contributed by atoms with Crippen LogP contribution in [0.3, 0.4) is 0 Å². The van der Waals surface area contributed by atoms with E-state index in [0.717, 1.165) is 0 Å². The molecule has 1 fully saturated rings. The second-order valence-corrected chi connectivity index (χ2v) is 6.66. The summed E-state index contributed by atoms with van der Waals surface area (Å²) in [7, 11) is -8.61. The Bertz CT molecular complexity index is 707. The van der Waals surface area contributed by atoms with Crippen molar-refractivity contribution < 1.29 is 78.8 Å². The average molecular weight is 462 g/mol. The fourth-order valence-electron chi connectivity index (χ4n) is 2.31. The van der Waals surface area contributed by atoms with Gasteiger partial charge in [-0.15, -0.1) is 0 Å². The van der Waals surface area contributed by atoms with Crippen molar-refractivity contribution in [3.63, 3.8) is 0 Å². The van der Waals surface area contributed by atoms with E-state index in [0.29, 0.717) is 0 Å². The van der Waals surface area contributed by atoms with Gasteiger partial charge in [0.05, 0.1) is 0 Å². The van der Waals surface area contributed by atoms with Gasteiger partial charge in [-0.25, -0.2) is 0 Å². The maximum absolute atomic E-state index is 13.6. The maximum atomic E-state index is 13.6. The molecule has 0 aromatic heterocycles. The summed E-state index contributed by atoms with van der Waals surface area (Å²) in [5, 5.41) is 0. The summed E-state index contributed by atoms with van der Waals surface area (Å²) in [6.45, 7) is 0. The van der Waals surface area contributed by atoms with Crippen molar-refractivity contribution in [1.29, 1.82) is 0 Å². The molecule has 0 heterocycles. The van der Waals surface area contributed by atoms with Crippen LogP contribution in [0.4, 0.5) is 65.9 Å². The monoisotopic (exact) mass is 462 g/mol. The molecule has 1 saturated carbocycles. The van der Waals surface area contributed by atoms with Crippen molar-refractivity contribution >= 4 is 10.1 Å². The summed E-state index contributed by atoms with van der Waals surface area (Å²) in [5.41, 5.74) is 0. The molecule has 0 saturated heterocycles. The quantitative estimate of drug-likeness (QED) is 0.510. The van der Waals surface area contributed by atoms with E-state index in [1.165, 1.54) is 0 Å². The molecule has 0 radical (unpaired) electrons. The van der Waals surface area contributed by atoms with Crippen LogP contribution in [0.5, 0.6) is 0 Å². The summed E-state index contributed by atoms with van der Waals surface area (Å²) in [6.07, 6.45) is -7.90. The molecular weight excluding hydrogens is 461 g/mol. The van der Waals surface area contributed by atoms with Gasteiger partial charge in [0.1, 0.15) is 0 Å². The number of alkyl halides is 15. The van der Waals surface area contributed by atoms with Crippen LogP contribution in [-0.4, -0.2) is 59.4 Å². The molecule has 1 aliphatic rings. The van der Waals surface area contributed by atoms with Crippen LogP contribution in [0.1, 0.15) is 0 Å². The predicted octanol–water partition coefficient (Wildman–Crippen LogP) is 4.00. The van der Waals surface area contributed by atoms with Gasteiger partial charge in [0.25, 0.3) is 10.1 Å². The highest BCUT2D eigenvalue weighted by atomic mass is 32.2. The van der Waals surface area contributed by atoms with E-state index in [4.69, 9.17) is 4.55 Å². The number of hydrogen-bond donors (Lipinski definition) is 1. The third-order valence-electron chi connectivity index (χ3n) is 3.65. The first-order valence-corrected chi connectivity index (χ1v) is 6.99. The molecule has 0 atom stereocenters. The fraction of sp³-hybridized carbons (Fsp3) is 1.00. The Labute approximate surface area is 136 Å². The van der Waals surface area contributed by atoms with Crippen molar-refractivity contribution in [3.05, 3.63) is 0 Å². The lowest BCUT2D eigenvalue weighted by Gasteiger charge is -2.43. The zero-order valence-corrected chi connectivity index (χ0v) is 12.2. The average Bonchev–Trinajstić information content (AvgIpc) is 2.39. The van der Waals surface area contributed by atoms with Crippen LogP contribution in [0, 0.1) is 0 Å². The molecule has 0 aliphatic heterocycles. The van der Waals surface area contributed by atoms with Crippen LogP contribution < -0.4 is 0 Å². The lowest BCUT2D eigenvalue weighted by molar-refractivity contribution is -0.386. The predicted molar refractivity (Wildman–Crippen MR) is 50.0 cm³/mol. The molecule has 19 heteroatoms. The summed E-state index contributed by atoms with van der Waals surface area (Å²) in [6, 6.07) is 0. The molecule has 0 aromatic carbocycles. The topological polar surface area (TPSA) is 54.4 Å².